The third kappa shape index (κ3) is 4.01. The zero-order valence-corrected chi connectivity index (χ0v) is 14.9. The number of para-hydroxylation sites is 1. The van der Waals surface area contributed by atoms with Crippen LogP contribution in [0.3, 0.4) is 0 Å². The Morgan fingerprint density at radius 2 is 2.12 bits per heavy atom. The van der Waals surface area contributed by atoms with E-state index in [9.17, 15) is 18.7 Å². The van der Waals surface area contributed by atoms with Gasteiger partial charge in [-0.15, -0.1) is 0 Å². The van der Waals surface area contributed by atoms with Crippen LogP contribution in [0.4, 0.5) is 8.78 Å². The van der Waals surface area contributed by atoms with E-state index in [1.165, 1.54) is 21.4 Å². The summed E-state index contributed by atoms with van der Waals surface area (Å²) in [4.78, 5) is 15.0. The lowest BCUT2D eigenvalue weighted by molar-refractivity contribution is -0.133. The van der Waals surface area contributed by atoms with Gasteiger partial charge in [-0.1, -0.05) is 50.4 Å². The van der Waals surface area contributed by atoms with Gasteiger partial charge in [0.05, 0.1) is 13.4 Å². The number of benzene rings is 1. The van der Waals surface area contributed by atoms with E-state index in [0.717, 1.165) is 7.11 Å². The van der Waals surface area contributed by atoms with Crippen molar-refractivity contribution in [3.8, 4) is 10.9 Å². The van der Waals surface area contributed by atoms with Gasteiger partial charge in [-0.25, -0.2) is 4.79 Å². The lowest BCUT2D eigenvalue weighted by Gasteiger charge is -2.10. The van der Waals surface area contributed by atoms with E-state index in [4.69, 9.17) is 16.3 Å². The van der Waals surface area contributed by atoms with Crippen LogP contribution in [-0.2, 0) is 15.2 Å². The molecule has 0 aliphatic rings. The van der Waals surface area contributed by atoms with Gasteiger partial charge in [-0.05, 0) is 6.07 Å². The normalized spacial score (nSPS) is 12.1. The number of methoxy groups -OCH3 is 1. The fourth-order valence-corrected chi connectivity index (χ4v) is 3.23. The molecule has 1 atom stereocenters. The summed E-state index contributed by atoms with van der Waals surface area (Å²) in [6.07, 6.45) is 0.575. The highest BCUT2D eigenvalue weighted by Gasteiger charge is 2.32. The molecule has 1 aromatic heterocycles. The number of aromatic nitrogens is 1. The van der Waals surface area contributed by atoms with Crippen LogP contribution in [0.5, 0.6) is 10.9 Å². The van der Waals surface area contributed by atoms with Crippen molar-refractivity contribution in [3.05, 3.63) is 46.1 Å². The molecule has 0 bridgehead atoms. The average Bonchev–Trinajstić information content (AvgIpc) is 2.90. The summed E-state index contributed by atoms with van der Waals surface area (Å²) in [5.74, 6) is -0.671. The Kier molecular flexibility index (Phi) is 5.74. The molecule has 0 saturated heterocycles. The first-order valence-electron chi connectivity index (χ1n) is 6.31. The van der Waals surface area contributed by atoms with Gasteiger partial charge in [0.1, 0.15) is 16.2 Å². The molecule has 5 nitrogen and oxygen atoms in total. The van der Waals surface area contributed by atoms with E-state index in [-0.39, 0.29) is 27.2 Å². The Morgan fingerprint density at radius 3 is 2.67 bits per heavy atom. The highest BCUT2D eigenvalue weighted by atomic mass is 35.5. The van der Waals surface area contributed by atoms with Gasteiger partial charge in [0.15, 0.2) is 5.15 Å². The minimum absolute atomic E-state index is 0.118. The summed E-state index contributed by atoms with van der Waals surface area (Å²) in [6.45, 7) is 0. The first-order chi connectivity index (χ1) is 11.3. The van der Waals surface area contributed by atoms with Gasteiger partial charge in [0, 0.05) is 5.56 Å². The third-order valence-corrected chi connectivity index (χ3v) is 4.68. The first kappa shape index (κ1) is 18.6. The predicted molar refractivity (Wildman–Crippen MR) is 89.9 cm³/mol. The molecule has 1 aromatic carbocycles. The Hall–Kier alpha value is -1.76. The molecule has 0 fully saturated rings. The number of aliphatic hydroxyl groups excluding tert-OH is 1. The van der Waals surface area contributed by atoms with Gasteiger partial charge in [-0.3, -0.25) is 0 Å². The number of esters is 1. The van der Waals surface area contributed by atoms with Gasteiger partial charge in [0.25, 0.3) is 10.9 Å². The second-order valence-corrected chi connectivity index (χ2v) is 6.40. The van der Waals surface area contributed by atoms with Crippen LogP contribution in [0.15, 0.2) is 30.5 Å². The molecule has 0 aliphatic carbocycles. The molecule has 0 saturated carbocycles. The highest BCUT2D eigenvalue weighted by molar-refractivity contribution is 7.21. The molecule has 0 aliphatic heterocycles. The molecule has 0 spiro atoms. The van der Waals surface area contributed by atoms with Gasteiger partial charge in [0.2, 0.25) is 0 Å². The molecular weight excluding hydrogens is 383 g/mol. The van der Waals surface area contributed by atoms with E-state index in [1.54, 1.807) is 12.1 Å². The van der Waals surface area contributed by atoms with E-state index in [2.05, 4.69) is 9.72 Å². The Bertz CT molecular complexity index is 791. The number of carbonyl (C=O) groups excluding carboxylic acids is 1. The van der Waals surface area contributed by atoms with Crippen LogP contribution in [0, 0.1) is 0 Å². The number of hydrogen-bond acceptors (Lipinski definition) is 6. The van der Waals surface area contributed by atoms with Crippen LogP contribution < -0.4 is 4.74 Å². The Morgan fingerprint density at radius 1 is 1.46 bits per heavy atom. The fraction of sp³-hybridized carbons (Fsp3) is 0.143. The van der Waals surface area contributed by atoms with Crippen molar-refractivity contribution in [2.75, 3.05) is 7.11 Å². The minimum Gasteiger partial charge on any atom is -0.515 e. The number of ether oxygens (including phenoxy) is 2. The summed E-state index contributed by atoms with van der Waals surface area (Å²) < 4.78 is 36.8. The van der Waals surface area contributed by atoms with Crippen molar-refractivity contribution in [1.82, 2.24) is 4.98 Å². The molecule has 1 unspecified atom stereocenters. The monoisotopic (exact) mass is 393 g/mol. The van der Waals surface area contributed by atoms with Crippen molar-refractivity contribution in [2.24, 2.45) is 0 Å². The predicted octanol–water partition coefficient (Wildman–Crippen LogP) is 4.59. The minimum atomic E-state index is -3.24. The molecule has 1 heterocycles. The molecule has 10 heteroatoms. The van der Waals surface area contributed by atoms with Crippen molar-refractivity contribution in [1.29, 1.82) is 0 Å². The summed E-state index contributed by atoms with van der Waals surface area (Å²) in [5.41, 5.74) is -3.19. The zero-order valence-electron chi connectivity index (χ0n) is 12.1. The molecular formula is C14H11ClF2NO4PS. The molecule has 2 aromatic rings. The second-order valence-electron chi connectivity index (χ2n) is 4.36. The largest absolute Gasteiger partial charge is 0.515 e. The van der Waals surface area contributed by atoms with Gasteiger partial charge < -0.3 is 14.6 Å². The molecule has 2 rings (SSSR count). The van der Waals surface area contributed by atoms with Crippen LogP contribution in [0.2, 0.25) is 5.15 Å². The van der Waals surface area contributed by atoms with Crippen molar-refractivity contribution >= 4 is 43.7 Å². The van der Waals surface area contributed by atoms with Crippen LogP contribution in [0.25, 0.3) is 5.57 Å². The standard InChI is InChI=1S/C14H11ClF2NO4PS/c1-21-12(20)8(6-19)7-4-2-3-5-9(7)22-13-18-11(15)10(24-13)14(16,17)23/h2-6,19H,23H2,1H3/b8-6+. The smallest absolute Gasteiger partial charge is 0.341 e. The molecule has 128 valence electrons. The number of aliphatic hydroxyl groups is 1. The van der Waals surface area contributed by atoms with Crippen molar-refractivity contribution in [2.45, 2.75) is 5.66 Å². The van der Waals surface area contributed by atoms with Crippen molar-refractivity contribution in [3.63, 3.8) is 0 Å². The molecule has 1 N–H and O–H groups in total. The molecule has 0 radical (unpaired) electrons. The fourth-order valence-electron chi connectivity index (χ4n) is 1.75. The lowest BCUT2D eigenvalue weighted by atomic mass is 10.1. The zero-order chi connectivity index (χ0) is 17.9. The number of alkyl halides is 2. The maximum atomic E-state index is 13.4. The molecule has 24 heavy (non-hydrogen) atoms. The topological polar surface area (TPSA) is 68.7 Å². The Labute approximate surface area is 147 Å². The number of carbonyl (C=O) groups is 1. The van der Waals surface area contributed by atoms with E-state index < -0.39 is 16.5 Å². The second kappa shape index (κ2) is 7.42. The number of rotatable bonds is 5. The summed E-state index contributed by atoms with van der Waals surface area (Å²) in [7, 11) is 2.53. The SMILES string of the molecule is COC(=O)/C(=C/O)c1ccccc1Oc1nc(Cl)c(C(F)(F)P)s1. The Balaban J connectivity index is 2.40. The van der Waals surface area contributed by atoms with Gasteiger partial charge >= 0.3 is 5.97 Å². The summed E-state index contributed by atoms with van der Waals surface area (Å²) in [5, 5.41) is 8.76. The van der Waals surface area contributed by atoms with Crippen LogP contribution in [-0.4, -0.2) is 23.2 Å². The van der Waals surface area contributed by atoms with E-state index in [0.29, 0.717) is 17.6 Å². The summed E-state index contributed by atoms with van der Waals surface area (Å²) >= 11 is 6.27. The first-order valence-corrected chi connectivity index (χ1v) is 8.08. The highest BCUT2D eigenvalue weighted by Crippen LogP contribution is 2.45. The summed E-state index contributed by atoms with van der Waals surface area (Å²) in [6, 6.07) is 6.18. The average molecular weight is 394 g/mol. The number of nitrogens with zero attached hydrogens (tertiary/aromatic N) is 1. The van der Waals surface area contributed by atoms with Crippen molar-refractivity contribution < 1.29 is 28.2 Å². The third-order valence-electron chi connectivity index (χ3n) is 2.78. The number of halogens is 3. The van der Waals surface area contributed by atoms with E-state index >= 15 is 0 Å². The molecule has 0 amide bonds. The van der Waals surface area contributed by atoms with Crippen LogP contribution >= 0.6 is 32.2 Å². The number of hydrogen-bond donors (Lipinski definition) is 1. The number of thiazole rings is 1. The maximum absolute atomic E-state index is 13.4. The van der Waals surface area contributed by atoms with Crippen LogP contribution in [0.1, 0.15) is 10.4 Å². The maximum Gasteiger partial charge on any atom is 0.341 e. The van der Waals surface area contributed by atoms with Gasteiger partial charge in [-0.2, -0.15) is 13.8 Å². The quantitative estimate of drug-likeness (QED) is 0.348. The lowest BCUT2D eigenvalue weighted by Crippen LogP contribution is -2.05. The van der Waals surface area contributed by atoms with E-state index in [1.807, 2.05) is 0 Å².